The number of aromatic nitrogens is 3. The van der Waals surface area contributed by atoms with Gasteiger partial charge in [0.2, 0.25) is 5.91 Å². The van der Waals surface area contributed by atoms with E-state index in [1.54, 1.807) is 0 Å². The van der Waals surface area contributed by atoms with E-state index in [0.29, 0.717) is 19.6 Å². The van der Waals surface area contributed by atoms with Crippen LogP contribution in [0.2, 0.25) is 0 Å². The molecule has 9 nitrogen and oxygen atoms in total. The molecule has 9 heteroatoms. The molecule has 1 fully saturated rings. The summed E-state index contributed by atoms with van der Waals surface area (Å²) < 4.78 is 1.94. The molecule has 0 bridgehead atoms. The summed E-state index contributed by atoms with van der Waals surface area (Å²) in [6.45, 7) is 14.5. The summed E-state index contributed by atoms with van der Waals surface area (Å²) in [7, 11) is 1.94. The molecule has 0 unspecified atom stereocenters. The van der Waals surface area contributed by atoms with Gasteiger partial charge in [-0.2, -0.15) is 0 Å². The summed E-state index contributed by atoms with van der Waals surface area (Å²) >= 11 is 0. The minimum atomic E-state index is 0.0785. The van der Waals surface area contributed by atoms with Crippen LogP contribution >= 0.6 is 0 Å². The number of aryl methyl sites for hydroxylation is 1. The second-order valence-corrected chi connectivity index (χ2v) is 7.02. The third kappa shape index (κ3) is 6.35. The van der Waals surface area contributed by atoms with E-state index >= 15 is 0 Å². The van der Waals surface area contributed by atoms with Crippen LogP contribution in [0.1, 0.15) is 25.5 Å². The number of carbonyl (C=O) groups is 1. The maximum Gasteiger partial charge on any atom is 0.234 e. The molecule has 1 amide bonds. The van der Waals surface area contributed by atoms with Gasteiger partial charge in [-0.05, 0) is 20.8 Å². The first-order chi connectivity index (χ1) is 12.9. The van der Waals surface area contributed by atoms with Crippen LogP contribution in [0.25, 0.3) is 0 Å². The lowest BCUT2D eigenvalue weighted by molar-refractivity contribution is -0.123. The van der Waals surface area contributed by atoms with Crippen LogP contribution in [0.15, 0.2) is 17.6 Å². The highest BCUT2D eigenvalue weighted by atomic mass is 16.2. The van der Waals surface area contributed by atoms with E-state index in [1.807, 2.05) is 38.5 Å². The molecule has 1 saturated heterocycles. The Bertz CT molecular complexity index is 658. The highest BCUT2D eigenvalue weighted by Gasteiger charge is 2.21. The van der Waals surface area contributed by atoms with Gasteiger partial charge in [0.15, 0.2) is 11.8 Å². The van der Waals surface area contributed by atoms with Gasteiger partial charge in [-0.3, -0.25) is 9.69 Å². The number of carbonyl (C=O) groups excluding carboxylic acids is 1. The van der Waals surface area contributed by atoms with Gasteiger partial charge in [-0.15, -0.1) is 16.8 Å². The molecular weight excluding hydrogens is 344 g/mol. The number of rotatable bonds is 7. The molecule has 1 aliphatic heterocycles. The van der Waals surface area contributed by atoms with E-state index in [-0.39, 0.29) is 11.9 Å². The first-order valence-corrected chi connectivity index (χ1v) is 9.41. The Hall–Kier alpha value is -2.42. The number of amides is 1. The maximum absolute atomic E-state index is 11.9. The Kier molecular flexibility index (Phi) is 7.78. The topological polar surface area (TPSA) is 90.7 Å². The average molecular weight is 377 g/mol. The van der Waals surface area contributed by atoms with Gasteiger partial charge in [0.1, 0.15) is 12.4 Å². The molecule has 2 heterocycles. The van der Waals surface area contributed by atoms with Crippen molar-refractivity contribution < 1.29 is 4.79 Å². The summed E-state index contributed by atoms with van der Waals surface area (Å²) in [5.74, 6) is 2.61. The third-order valence-electron chi connectivity index (χ3n) is 4.45. The number of aliphatic imine (C=N–C) groups is 1. The lowest BCUT2D eigenvalue weighted by atomic mass is 10.3. The van der Waals surface area contributed by atoms with Crippen molar-refractivity contribution in [3.05, 3.63) is 24.3 Å². The summed E-state index contributed by atoms with van der Waals surface area (Å²) in [6.07, 6.45) is 1.81. The minimum Gasteiger partial charge on any atom is -0.353 e. The number of hydrogen-bond acceptors (Lipinski definition) is 5. The van der Waals surface area contributed by atoms with Crippen LogP contribution in [0.5, 0.6) is 0 Å². The Balaban J connectivity index is 1.93. The summed E-state index contributed by atoms with van der Waals surface area (Å²) in [4.78, 5) is 21.0. The zero-order chi connectivity index (χ0) is 19.8. The van der Waals surface area contributed by atoms with E-state index in [0.717, 1.165) is 43.8 Å². The predicted molar refractivity (Wildman–Crippen MR) is 106 cm³/mol. The molecule has 1 aromatic rings. The van der Waals surface area contributed by atoms with Crippen LogP contribution in [0.3, 0.4) is 0 Å². The number of nitrogens with one attached hydrogen (secondary N) is 2. The van der Waals surface area contributed by atoms with Gasteiger partial charge < -0.3 is 20.1 Å². The fourth-order valence-electron chi connectivity index (χ4n) is 2.85. The molecule has 0 spiro atoms. The van der Waals surface area contributed by atoms with E-state index < -0.39 is 0 Å². The quantitative estimate of drug-likeness (QED) is 0.392. The molecule has 150 valence electrons. The Morgan fingerprint density at radius 2 is 2.00 bits per heavy atom. The van der Waals surface area contributed by atoms with Gasteiger partial charge in [0, 0.05) is 45.8 Å². The number of guanidine groups is 1. The molecule has 2 N–H and O–H groups in total. The smallest absolute Gasteiger partial charge is 0.234 e. The lowest BCUT2D eigenvalue weighted by Gasteiger charge is -2.36. The SMILES string of the molecule is C=CCNC(=NCc1nnc(C)n1C)N1CCN(CC(=O)NC(C)C)CC1. The highest BCUT2D eigenvalue weighted by molar-refractivity contribution is 5.80. The van der Waals surface area contributed by atoms with E-state index in [1.165, 1.54) is 0 Å². The van der Waals surface area contributed by atoms with Gasteiger partial charge in [0.25, 0.3) is 0 Å². The van der Waals surface area contributed by atoms with Crippen molar-refractivity contribution in [3.8, 4) is 0 Å². The van der Waals surface area contributed by atoms with Gasteiger partial charge in [-0.25, -0.2) is 4.99 Å². The fraction of sp³-hybridized carbons (Fsp3) is 0.667. The van der Waals surface area contributed by atoms with E-state index in [9.17, 15) is 4.79 Å². The van der Waals surface area contributed by atoms with Crippen molar-refractivity contribution >= 4 is 11.9 Å². The molecule has 1 aliphatic rings. The van der Waals surface area contributed by atoms with E-state index in [4.69, 9.17) is 4.99 Å². The average Bonchev–Trinajstić information content (AvgIpc) is 2.94. The summed E-state index contributed by atoms with van der Waals surface area (Å²) in [5.41, 5.74) is 0. The van der Waals surface area contributed by atoms with Crippen molar-refractivity contribution in [2.24, 2.45) is 12.0 Å². The zero-order valence-electron chi connectivity index (χ0n) is 16.9. The van der Waals surface area contributed by atoms with Crippen molar-refractivity contribution in [1.29, 1.82) is 0 Å². The Morgan fingerprint density at radius 3 is 2.56 bits per heavy atom. The third-order valence-corrected chi connectivity index (χ3v) is 4.45. The Labute approximate surface area is 161 Å². The standard InChI is InChI=1S/C18H32N8O/c1-6-7-19-18(20-12-16-23-22-15(4)24(16)5)26-10-8-25(9-11-26)13-17(27)21-14(2)3/h6,14H,1,7-13H2,2-5H3,(H,19,20)(H,21,27). The number of nitrogens with zero attached hydrogens (tertiary/aromatic N) is 6. The molecular formula is C18H32N8O. The van der Waals surface area contributed by atoms with Crippen LogP contribution in [0.4, 0.5) is 0 Å². The predicted octanol–water partition coefficient (Wildman–Crippen LogP) is -0.103. The van der Waals surface area contributed by atoms with Crippen molar-refractivity contribution in [2.75, 3.05) is 39.3 Å². The van der Waals surface area contributed by atoms with Crippen molar-refractivity contribution in [3.63, 3.8) is 0 Å². The highest BCUT2D eigenvalue weighted by Crippen LogP contribution is 2.05. The first-order valence-electron chi connectivity index (χ1n) is 9.41. The monoisotopic (exact) mass is 376 g/mol. The maximum atomic E-state index is 11.9. The number of hydrogen-bond donors (Lipinski definition) is 2. The molecule has 0 radical (unpaired) electrons. The van der Waals surface area contributed by atoms with Crippen LogP contribution in [-0.4, -0.2) is 81.7 Å². The zero-order valence-corrected chi connectivity index (χ0v) is 16.9. The number of piperazine rings is 1. The first kappa shape index (κ1) is 20.9. The van der Waals surface area contributed by atoms with Gasteiger partial charge in [-0.1, -0.05) is 6.08 Å². The molecule has 1 aromatic heterocycles. The minimum absolute atomic E-state index is 0.0785. The largest absolute Gasteiger partial charge is 0.353 e. The molecule has 0 atom stereocenters. The van der Waals surface area contributed by atoms with Crippen molar-refractivity contribution in [1.82, 2.24) is 35.2 Å². The molecule has 0 saturated carbocycles. The normalized spacial score (nSPS) is 15.9. The molecule has 2 rings (SSSR count). The Morgan fingerprint density at radius 1 is 1.30 bits per heavy atom. The van der Waals surface area contributed by atoms with Gasteiger partial charge in [0.05, 0.1) is 6.54 Å². The van der Waals surface area contributed by atoms with Crippen LogP contribution in [-0.2, 0) is 18.4 Å². The van der Waals surface area contributed by atoms with E-state index in [2.05, 4.69) is 37.2 Å². The van der Waals surface area contributed by atoms with Crippen LogP contribution < -0.4 is 10.6 Å². The summed E-state index contributed by atoms with van der Waals surface area (Å²) in [5, 5.41) is 14.5. The second kappa shape index (κ2) is 10.1. The van der Waals surface area contributed by atoms with Gasteiger partial charge >= 0.3 is 0 Å². The fourth-order valence-corrected chi connectivity index (χ4v) is 2.85. The van der Waals surface area contributed by atoms with Crippen LogP contribution in [0, 0.1) is 6.92 Å². The molecule has 0 aromatic carbocycles. The molecule has 27 heavy (non-hydrogen) atoms. The summed E-state index contributed by atoms with van der Waals surface area (Å²) in [6, 6.07) is 0.171. The second-order valence-electron chi connectivity index (χ2n) is 7.02. The van der Waals surface area contributed by atoms with Crippen molar-refractivity contribution in [2.45, 2.75) is 33.4 Å². The lowest BCUT2D eigenvalue weighted by Crippen LogP contribution is -2.54. The molecule has 0 aliphatic carbocycles.